The van der Waals surface area contributed by atoms with Gasteiger partial charge in [-0.25, -0.2) is 4.79 Å². The first-order chi connectivity index (χ1) is 9.09. The molecule has 1 heterocycles. The van der Waals surface area contributed by atoms with Gasteiger partial charge in [-0.05, 0) is 18.4 Å². The van der Waals surface area contributed by atoms with Crippen LogP contribution in [0.4, 0.5) is 0 Å². The van der Waals surface area contributed by atoms with Crippen molar-refractivity contribution in [2.24, 2.45) is 0 Å². The first kappa shape index (κ1) is 13.5. The minimum absolute atomic E-state index is 0.211. The van der Waals surface area contributed by atoms with E-state index in [0.717, 1.165) is 5.56 Å². The van der Waals surface area contributed by atoms with Gasteiger partial charge in [0.25, 0.3) is 5.91 Å². The zero-order valence-electron chi connectivity index (χ0n) is 10.5. The fraction of sp³-hybridized carbons (Fsp3) is 0.429. The van der Waals surface area contributed by atoms with E-state index in [2.05, 4.69) is 0 Å². The minimum Gasteiger partial charge on any atom is -0.480 e. The number of likely N-dealkylation sites (tertiary alicyclic amines) is 1. The van der Waals surface area contributed by atoms with Crippen molar-refractivity contribution in [1.82, 2.24) is 4.90 Å². The monoisotopic (exact) mass is 263 g/mol. The van der Waals surface area contributed by atoms with E-state index in [1.165, 1.54) is 4.90 Å². The van der Waals surface area contributed by atoms with Crippen molar-refractivity contribution < 1.29 is 19.8 Å². The number of carboxylic acids is 1. The molecule has 1 aliphatic heterocycles. The summed E-state index contributed by atoms with van der Waals surface area (Å²) >= 11 is 0. The highest BCUT2D eigenvalue weighted by molar-refractivity contribution is 5.87. The number of carboxylic acid groups (broad SMARTS) is 1. The van der Waals surface area contributed by atoms with Gasteiger partial charge < -0.3 is 15.1 Å². The fourth-order valence-corrected chi connectivity index (χ4v) is 2.40. The number of hydrogen-bond acceptors (Lipinski definition) is 3. The Labute approximate surface area is 111 Å². The van der Waals surface area contributed by atoms with Crippen molar-refractivity contribution >= 4 is 11.9 Å². The number of aliphatic carboxylic acids is 1. The van der Waals surface area contributed by atoms with E-state index in [1.54, 1.807) is 0 Å². The van der Waals surface area contributed by atoms with E-state index in [0.29, 0.717) is 19.4 Å². The van der Waals surface area contributed by atoms with Gasteiger partial charge in [-0.1, -0.05) is 30.3 Å². The molecule has 0 spiro atoms. The molecule has 1 aliphatic rings. The smallest absolute Gasteiger partial charge is 0.326 e. The lowest BCUT2D eigenvalue weighted by Crippen LogP contribution is -2.46. The van der Waals surface area contributed by atoms with Crippen LogP contribution in [0.15, 0.2) is 30.3 Å². The van der Waals surface area contributed by atoms with Gasteiger partial charge in [0.15, 0.2) is 0 Å². The van der Waals surface area contributed by atoms with Crippen LogP contribution in [0.5, 0.6) is 0 Å². The van der Waals surface area contributed by atoms with E-state index in [-0.39, 0.29) is 6.42 Å². The second-order valence-electron chi connectivity index (χ2n) is 4.73. The molecule has 1 aromatic rings. The summed E-state index contributed by atoms with van der Waals surface area (Å²) in [5, 5.41) is 19.0. The van der Waals surface area contributed by atoms with E-state index in [4.69, 9.17) is 5.11 Å². The van der Waals surface area contributed by atoms with Crippen molar-refractivity contribution in [3.63, 3.8) is 0 Å². The number of benzene rings is 1. The Balaban J connectivity index is 2.01. The molecule has 1 aromatic carbocycles. The summed E-state index contributed by atoms with van der Waals surface area (Å²) in [6.07, 6.45) is 0.157. The highest BCUT2D eigenvalue weighted by Gasteiger charge is 2.36. The van der Waals surface area contributed by atoms with Crippen LogP contribution in [-0.4, -0.2) is 45.7 Å². The molecule has 0 radical (unpaired) electrons. The van der Waals surface area contributed by atoms with Crippen LogP contribution in [-0.2, 0) is 16.0 Å². The van der Waals surface area contributed by atoms with Crippen LogP contribution in [0.25, 0.3) is 0 Å². The average molecular weight is 263 g/mol. The molecular formula is C14H17NO4. The predicted octanol–water partition coefficient (Wildman–Crippen LogP) is 0.666. The van der Waals surface area contributed by atoms with Crippen LogP contribution in [0.2, 0.25) is 0 Å². The second kappa shape index (κ2) is 5.84. The Morgan fingerprint density at radius 2 is 2.00 bits per heavy atom. The molecule has 102 valence electrons. The molecule has 1 amide bonds. The lowest BCUT2D eigenvalue weighted by Gasteiger charge is -2.24. The number of hydrogen-bond donors (Lipinski definition) is 2. The van der Waals surface area contributed by atoms with E-state index >= 15 is 0 Å². The average Bonchev–Trinajstić information content (AvgIpc) is 2.88. The molecule has 5 heteroatoms. The quantitative estimate of drug-likeness (QED) is 0.836. The number of nitrogens with zero attached hydrogens (tertiary/aromatic N) is 1. The Morgan fingerprint density at radius 3 is 2.63 bits per heavy atom. The van der Waals surface area contributed by atoms with Gasteiger partial charge >= 0.3 is 5.97 Å². The Morgan fingerprint density at radius 1 is 1.32 bits per heavy atom. The predicted molar refractivity (Wildman–Crippen MR) is 68.5 cm³/mol. The standard InChI is InChI=1S/C14H17NO4/c16-12(9-10-5-2-1-3-6-10)13(17)15-8-4-7-11(15)14(18)19/h1-3,5-6,11-12,16H,4,7-9H2,(H,18,19). The van der Waals surface area contributed by atoms with Crippen LogP contribution in [0.3, 0.4) is 0 Å². The van der Waals surface area contributed by atoms with Crippen molar-refractivity contribution in [3.8, 4) is 0 Å². The maximum Gasteiger partial charge on any atom is 0.326 e. The second-order valence-corrected chi connectivity index (χ2v) is 4.73. The first-order valence-electron chi connectivity index (χ1n) is 6.35. The van der Waals surface area contributed by atoms with Crippen LogP contribution in [0, 0.1) is 0 Å². The molecule has 1 saturated heterocycles. The molecular weight excluding hydrogens is 246 g/mol. The van der Waals surface area contributed by atoms with Gasteiger partial charge in [-0.2, -0.15) is 0 Å². The molecule has 0 aromatic heterocycles. The minimum atomic E-state index is -1.18. The van der Waals surface area contributed by atoms with Gasteiger partial charge in [0.2, 0.25) is 0 Å². The normalized spacial score (nSPS) is 20.3. The molecule has 0 aliphatic carbocycles. The summed E-state index contributed by atoms with van der Waals surface area (Å²) < 4.78 is 0. The van der Waals surface area contributed by atoms with Gasteiger partial charge in [0.05, 0.1) is 0 Å². The van der Waals surface area contributed by atoms with Gasteiger partial charge in [0, 0.05) is 13.0 Å². The molecule has 5 nitrogen and oxygen atoms in total. The van der Waals surface area contributed by atoms with Crippen molar-refractivity contribution in [3.05, 3.63) is 35.9 Å². The summed E-state index contributed by atoms with van der Waals surface area (Å²) in [6, 6.07) is 8.39. The van der Waals surface area contributed by atoms with Crippen molar-refractivity contribution in [2.45, 2.75) is 31.4 Å². The van der Waals surface area contributed by atoms with Gasteiger partial charge in [0.1, 0.15) is 12.1 Å². The molecule has 1 fully saturated rings. The first-order valence-corrected chi connectivity index (χ1v) is 6.35. The molecule has 2 unspecified atom stereocenters. The SMILES string of the molecule is O=C(O)C1CCCN1C(=O)C(O)Cc1ccccc1. The van der Waals surface area contributed by atoms with Crippen LogP contribution < -0.4 is 0 Å². The zero-order valence-corrected chi connectivity index (χ0v) is 10.5. The van der Waals surface area contributed by atoms with E-state index in [1.807, 2.05) is 30.3 Å². The van der Waals surface area contributed by atoms with E-state index in [9.17, 15) is 14.7 Å². The lowest BCUT2D eigenvalue weighted by molar-refractivity contribution is -0.151. The summed E-state index contributed by atoms with van der Waals surface area (Å²) in [5.41, 5.74) is 0.856. The topological polar surface area (TPSA) is 77.8 Å². The molecule has 2 rings (SSSR count). The van der Waals surface area contributed by atoms with Crippen LogP contribution >= 0.6 is 0 Å². The maximum atomic E-state index is 12.1. The summed E-state index contributed by atoms with van der Waals surface area (Å²) in [6.45, 7) is 0.404. The molecule has 2 atom stereocenters. The summed E-state index contributed by atoms with van der Waals surface area (Å²) in [4.78, 5) is 24.4. The van der Waals surface area contributed by atoms with Gasteiger partial charge in [-0.15, -0.1) is 0 Å². The largest absolute Gasteiger partial charge is 0.480 e. The number of rotatable bonds is 4. The number of carbonyl (C=O) groups excluding carboxylic acids is 1. The lowest BCUT2D eigenvalue weighted by atomic mass is 10.1. The molecule has 2 N–H and O–H groups in total. The van der Waals surface area contributed by atoms with E-state index < -0.39 is 24.0 Å². The van der Waals surface area contributed by atoms with Crippen molar-refractivity contribution in [1.29, 1.82) is 0 Å². The third kappa shape index (κ3) is 3.12. The number of aliphatic hydroxyl groups excluding tert-OH is 1. The Bertz CT molecular complexity index is 460. The highest BCUT2D eigenvalue weighted by atomic mass is 16.4. The molecule has 19 heavy (non-hydrogen) atoms. The number of amides is 1. The highest BCUT2D eigenvalue weighted by Crippen LogP contribution is 2.19. The third-order valence-corrected chi connectivity index (χ3v) is 3.38. The Kier molecular flexibility index (Phi) is 4.16. The Hall–Kier alpha value is -1.88. The number of carbonyl (C=O) groups is 2. The molecule has 0 saturated carbocycles. The zero-order chi connectivity index (χ0) is 13.8. The fourth-order valence-electron chi connectivity index (χ4n) is 2.40. The molecule has 0 bridgehead atoms. The van der Waals surface area contributed by atoms with Gasteiger partial charge in [-0.3, -0.25) is 4.79 Å². The third-order valence-electron chi connectivity index (χ3n) is 3.38. The summed E-state index contributed by atoms with van der Waals surface area (Å²) in [7, 11) is 0. The summed E-state index contributed by atoms with van der Waals surface area (Å²) in [5.74, 6) is -1.49. The van der Waals surface area contributed by atoms with Crippen molar-refractivity contribution in [2.75, 3.05) is 6.54 Å². The van der Waals surface area contributed by atoms with Crippen LogP contribution in [0.1, 0.15) is 18.4 Å². The maximum absolute atomic E-state index is 12.1. The number of aliphatic hydroxyl groups is 1.